The molecule has 0 aliphatic carbocycles. The largest absolute Gasteiger partial charge is 0.497 e. The minimum atomic E-state index is -0.613. The first kappa shape index (κ1) is 34.7. The summed E-state index contributed by atoms with van der Waals surface area (Å²) in [5.74, 6) is 1.65. The Bertz CT molecular complexity index is 1400. The van der Waals surface area contributed by atoms with Crippen LogP contribution in [-0.2, 0) is 4.74 Å². The molecular weight excluding hydrogens is 591 g/mol. The zero-order valence-corrected chi connectivity index (χ0v) is 27.6. The lowest BCUT2D eigenvalue weighted by molar-refractivity contribution is 0.145. The van der Waals surface area contributed by atoms with E-state index in [0.717, 1.165) is 58.4 Å². The molecule has 1 saturated heterocycles. The van der Waals surface area contributed by atoms with Crippen molar-refractivity contribution in [2.45, 2.75) is 39.5 Å². The van der Waals surface area contributed by atoms with Crippen molar-refractivity contribution in [3.05, 3.63) is 54.5 Å². The van der Waals surface area contributed by atoms with Crippen LogP contribution in [0.3, 0.4) is 0 Å². The van der Waals surface area contributed by atoms with E-state index in [4.69, 9.17) is 18.9 Å². The van der Waals surface area contributed by atoms with Crippen molar-refractivity contribution < 1.29 is 28.1 Å². The molecule has 1 fully saturated rings. The third-order valence-electron chi connectivity index (χ3n) is 7.74. The van der Waals surface area contributed by atoms with Gasteiger partial charge in [-0.2, -0.15) is 4.98 Å². The SMILES string of the molecule is COc1ccc(N(C(=O)OCCCCC(C)C)c2ccnc(Nc3ccc(OCCCN4CCN(C)CC4)c(F)c3)n2)c(OC)c1. The number of carbonyl (C=O) groups is 1. The van der Waals surface area contributed by atoms with Crippen LogP contribution in [0.1, 0.15) is 39.5 Å². The molecule has 0 spiro atoms. The average Bonchev–Trinajstić information content (AvgIpc) is 3.05. The molecule has 0 atom stereocenters. The highest BCUT2D eigenvalue weighted by atomic mass is 19.1. The smallest absolute Gasteiger partial charge is 0.420 e. The summed E-state index contributed by atoms with van der Waals surface area (Å²) in [5.41, 5.74) is 0.848. The van der Waals surface area contributed by atoms with Gasteiger partial charge in [-0.05, 0) is 56.5 Å². The first-order valence-corrected chi connectivity index (χ1v) is 15.9. The predicted octanol–water partition coefficient (Wildman–Crippen LogP) is 6.49. The van der Waals surface area contributed by atoms with Crippen LogP contribution < -0.4 is 24.4 Å². The Labute approximate surface area is 271 Å². The maximum Gasteiger partial charge on any atom is 0.420 e. The molecule has 12 heteroatoms. The van der Waals surface area contributed by atoms with Gasteiger partial charge in [0.05, 0.1) is 33.1 Å². The molecule has 2 aromatic carbocycles. The van der Waals surface area contributed by atoms with Crippen molar-refractivity contribution in [3.63, 3.8) is 0 Å². The van der Waals surface area contributed by atoms with Crippen molar-refractivity contribution in [1.29, 1.82) is 0 Å². The highest BCUT2D eigenvalue weighted by Crippen LogP contribution is 2.37. The van der Waals surface area contributed by atoms with Crippen molar-refractivity contribution in [1.82, 2.24) is 19.8 Å². The van der Waals surface area contributed by atoms with Crippen molar-refractivity contribution in [2.24, 2.45) is 5.92 Å². The second-order valence-electron chi connectivity index (χ2n) is 11.7. The number of amides is 1. The van der Waals surface area contributed by atoms with E-state index in [2.05, 4.69) is 46.0 Å². The molecule has 1 N–H and O–H groups in total. The van der Waals surface area contributed by atoms with Crippen LogP contribution in [0.15, 0.2) is 48.7 Å². The molecule has 2 heterocycles. The summed E-state index contributed by atoms with van der Waals surface area (Å²) in [6.45, 7) is 10.2. The third-order valence-corrected chi connectivity index (χ3v) is 7.74. The molecule has 1 amide bonds. The number of unbranched alkanes of at least 4 members (excludes halogenated alkanes) is 1. The van der Waals surface area contributed by atoms with Crippen molar-refractivity contribution >= 4 is 29.2 Å². The van der Waals surface area contributed by atoms with Gasteiger partial charge in [0.1, 0.15) is 17.3 Å². The van der Waals surface area contributed by atoms with Crippen LogP contribution in [0.25, 0.3) is 0 Å². The predicted molar refractivity (Wildman–Crippen MR) is 177 cm³/mol. The van der Waals surface area contributed by atoms with E-state index in [0.29, 0.717) is 35.4 Å². The minimum Gasteiger partial charge on any atom is -0.497 e. The molecule has 250 valence electrons. The lowest BCUT2D eigenvalue weighted by Crippen LogP contribution is -2.44. The normalized spacial score (nSPS) is 13.8. The number of likely N-dealkylation sites (N-methyl/N-ethyl adjacent to an activating group) is 1. The molecular formula is C34H47FN6O5. The number of ether oxygens (including phenoxy) is 4. The first-order valence-electron chi connectivity index (χ1n) is 15.9. The number of aromatic nitrogens is 2. The summed E-state index contributed by atoms with van der Waals surface area (Å²) in [4.78, 5) is 28.4. The highest BCUT2D eigenvalue weighted by Gasteiger charge is 2.25. The van der Waals surface area contributed by atoms with Crippen LogP contribution in [0.5, 0.6) is 17.2 Å². The molecule has 1 aliphatic rings. The van der Waals surface area contributed by atoms with Gasteiger partial charge < -0.3 is 34.1 Å². The Hall–Kier alpha value is -4.16. The van der Waals surface area contributed by atoms with E-state index in [1.807, 2.05) is 0 Å². The van der Waals surface area contributed by atoms with Crippen LogP contribution >= 0.6 is 0 Å². The Morgan fingerprint density at radius 3 is 2.50 bits per heavy atom. The fourth-order valence-corrected chi connectivity index (χ4v) is 5.06. The number of nitrogens with zero attached hydrogens (tertiary/aromatic N) is 5. The second-order valence-corrected chi connectivity index (χ2v) is 11.7. The Balaban J connectivity index is 1.44. The Morgan fingerprint density at radius 1 is 0.978 bits per heavy atom. The van der Waals surface area contributed by atoms with Gasteiger partial charge in [-0.15, -0.1) is 0 Å². The van der Waals surface area contributed by atoms with Gasteiger partial charge in [-0.1, -0.05) is 20.3 Å². The van der Waals surface area contributed by atoms with E-state index < -0.39 is 11.9 Å². The molecule has 3 aromatic rings. The van der Waals surface area contributed by atoms with Crippen molar-refractivity contribution in [2.75, 3.05) is 77.4 Å². The summed E-state index contributed by atoms with van der Waals surface area (Å²) in [7, 11) is 5.19. The fourth-order valence-electron chi connectivity index (χ4n) is 5.06. The van der Waals surface area contributed by atoms with Gasteiger partial charge in [0.15, 0.2) is 11.6 Å². The molecule has 0 saturated carbocycles. The quantitative estimate of drug-likeness (QED) is 0.175. The third kappa shape index (κ3) is 10.2. The first-order chi connectivity index (χ1) is 22.3. The van der Waals surface area contributed by atoms with Gasteiger partial charge in [0.2, 0.25) is 5.95 Å². The molecule has 0 unspecified atom stereocenters. The number of benzene rings is 2. The molecule has 1 aromatic heterocycles. The van der Waals surface area contributed by atoms with Crippen LogP contribution in [0.2, 0.25) is 0 Å². The number of piperazine rings is 1. The zero-order chi connectivity index (χ0) is 32.9. The number of hydrogen-bond donors (Lipinski definition) is 1. The average molecular weight is 639 g/mol. The van der Waals surface area contributed by atoms with Crippen LogP contribution in [0.4, 0.5) is 32.3 Å². The van der Waals surface area contributed by atoms with E-state index in [1.165, 1.54) is 24.3 Å². The number of nitrogens with one attached hydrogen (secondary N) is 1. The fraction of sp³-hybridized carbons (Fsp3) is 0.500. The van der Waals surface area contributed by atoms with Gasteiger partial charge in [0, 0.05) is 62.8 Å². The summed E-state index contributed by atoms with van der Waals surface area (Å²) < 4.78 is 37.3. The maximum absolute atomic E-state index is 15.0. The van der Waals surface area contributed by atoms with E-state index in [1.54, 1.807) is 43.5 Å². The monoisotopic (exact) mass is 638 g/mol. The van der Waals surface area contributed by atoms with Gasteiger partial charge in [-0.25, -0.2) is 19.1 Å². The topological polar surface area (TPSA) is 102 Å². The number of hydrogen-bond acceptors (Lipinski definition) is 10. The molecule has 4 rings (SSSR count). The second kappa shape index (κ2) is 17.5. The molecule has 0 radical (unpaired) electrons. The van der Waals surface area contributed by atoms with E-state index in [9.17, 15) is 9.18 Å². The summed E-state index contributed by atoms with van der Waals surface area (Å²) in [6, 6.07) is 11.3. The standard InChI is InChI=1S/C34H47FN6O5/c1-25(2)9-6-7-21-46-34(42)41(29-12-11-27(43-4)24-31(29)44-5)32-14-15-36-33(38-32)37-26-10-13-30(28(35)23-26)45-22-8-16-40-19-17-39(3)18-20-40/h10-15,23-25H,6-9,16-22H2,1-5H3,(H,36,37,38). The van der Waals surface area contributed by atoms with Gasteiger partial charge in [0.25, 0.3) is 0 Å². The molecule has 46 heavy (non-hydrogen) atoms. The molecule has 1 aliphatic heterocycles. The molecule has 0 bridgehead atoms. The number of carbonyl (C=O) groups excluding carboxylic acids is 1. The van der Waals surface area contributed by atoms with Gasteiger partial charge in [-0.3, -0.25) is 0 Å². The number of halogens is 1. The number of anilines is 4. The van der Waals surface area contributed by atoms with Crippen molar-refractivity contribution in [3.8, 4) is 17.2 Å². The lowest BCUT2D eigenvalue weighted by Gasteiger charge is -2.32. The lowest BCUT2D eigenvalue weighted by atomic mass is 10.1. The Morgan fingerprint density at radius 2 is 1.78 bits per heavy atom. The zero-order valence-electron chi connectivity index (χ0n) is 27.6. The van der Waals surface area contributed by atoms with Gasteiger partial charge >= 0.3 is 6.09 Å². The van der Waals surface area contributed by atoms with E-state index in [-0.39, 0.29) is 24.1 Å². The Kier molecular flexibility index (Phi) is 13.2. The number of methoxy groups -OCH3 is 2. The molecule has 11 nitrogen and oxygen atoms in total. The number of rotatable bonds is 16. The van der Waals surface area contributed by atoms with Crippen LogP contribution in [-0.4, -0.2) is 93.1 Å². The highest BCUT2D eigenvalue weighted by molar-refractivity contribution is 5.97. The van der Waals surface area contributed by atoms with E-state index >= 15 is 0 Å². The minimum absolute atomic E-state index is 0.167. The summed E-state index contributed by atoms with van der Waals surface area (Å²) in [6.07, 6.45) is 4.47. The summed E-state index contributed by atoms with van der Waals surface area (Å²) >= 11 is 0. The summed E-state index contributed by atoms with van der Waals surface area (Å²) in [5, 5.41) is 3.03. The van der Waals surface area contributed by atoms with Crippen LogP contribution in [0, 0.1) is 11.7 Å². The maximum atomic E-state index is 15.0.